The van der Waals surface area contributed by atoms with Crippen molar-refractivity contribution >= 4 is 5.91 Å². The highest BCUT2D eigenvalue weighted by molar-refractivity contribution is 5.84. The molecule has 1 unspecified atom stereocenters. The van der Waals surface area contributed by atoms with Crippen molar-refractivity contribution in [2.75, 3.05) is 41.4 Å². The molecule has 0 saturated heterocycles. The molecule has 0 heterocycles. The highest BCUT2D eigenvalue weighted by Crippen LogP contribution is 2.14. The van der Waals surface area contributed by atoms with E-state index >= 15 is 0 Å². The van der Waals surface area contributed by atoms with E-state index < -0.39 is 17.7 Å². The van der Waals surface area contributed by atoms with Crippen LogP contribution in [0.25, 0.3) is 0 Å². The molecule has 0 spiro atoms. The average Bonchev–Trinajstić information content (AvgIpc) is 2.25. The number of nitrogens with one attached hydrogen (secondary N) is 1. The van der Waals surface area contributed by atoms with Crippen LogP contribution in [0.3, 0.4) is 0 Å². The van der Waals surface area contributed by atoms with Gasteiger partial charge in [0.15, 0.2) is 6.29 Å². The number of hydrogen-bond acceptors (Lipinski definition) is 5. The topological polar surface area (TPSA) is 76.8 Å². The van der Waals surface area contributed by atoms with Gasteiger partial charge >= 0.3 is 0 Å². The minimum atomic E-state index is -0.827. The Balaban J connectivity index is 4.40. The monoisotopic (exact) mass is 247 g/mol. The van der Waals surface area contributed by atoms with Crippen molar-refractivity contribution in [2.24, 2.45) is 5.73 Å². The fourth-order valence-corrected chi connectivity index (χ4v) is 1.41. The fraction of sp³-hybridized carbons (Fsp3) is 0.909. The van der Waals surface area contributed by atoms with E-state index in [4.69, 9.17) is 15.2 Å². The van der Waals surface area contributed by atoms with Gasteiger partial charge in [-0.25, -0.2) is 0 Å². The molecule has 17 heavy (non-hydrogen) atoms. The minimum Gasteiger partial charge on any atom is -0.368 e. The van der Waals surface area contributed by atoms with Crippen LogP contribution in [0.5, 0.6) is 0 Å². The van der Waals surface area contributed by atoms with Crippen LogP contribution in [0.4, 0.5) is 0 Å². The Kier molecular flexibility index (Phi) is 7.29. The number of carbonyl (C=O) groups is 1. The molecule has 0 fully saturated rings. The van der Waals surface area contributed by atoms with Gasteiger partial charge in [-0.3, -0.25) is 4.79 Å². The highest BCUT2D eigenvalue weighted by atomic mass is 16.7. The summed E-state index contributed by atoms with van der Waals surface area (Å²) >= 11 is 0. The molecule has 0 aromatic heterocycles. The molecule has 0 aliphatic rings. The van der Waals surface area contributed by atoms with Gasteiger partial charge in [0.1, 0.15) is 0 Å². The molecule has 3 N–H and O–H groups in total. The predicted molar refractivity (Wildman–Crippen MR) is 66.6 cm³/mol. The molecule has 0 aliphatic heterocycles. The summed E-state index contributed by atoms with van der Waals surface area (Å²) in [5.41, 5.74) is 4.59. The molecule has 0 saturated carbocycles. The fourth-order valence-electron chi connectivity index (χ4n) is 1.41. The number of carbonyl (C=O) groups excluding carboxylic acids is 1. The molecule has 0 aromatic rings. The summed E-state index contributed by atoms with van der Waals surface area (Å²) < 4.78 is 10.2. The quantitative estimate of drug-likeness (QED) is 0.532. The molecule has 0 rings (SSSR count). The zero-order chi connectivity index (χ0) is 13.5. The lowest BCUT2D eigenvalue weighted by Crippen LogP contribution is -2.56. The molecule has 0 bridgehead atoms. The van der Waals surface area contributed by atoms with E-state index in [9.17, 15) is 4.79 Å². The first kappa shape index (κ1) is 16.3. The highest BCUT2D eigenvalue weighted by Gasteiger charge is 2.33. The third-order valence-corrected chi connectivity index (χ3v) is 2.72. The van der Waals surface area contributed by atoms with Crippen LogP contribution < -0.4 is 11.1 Å². The Hall–Kier alpha value is -0.690. The zero-order valence-electron chi connectivity index (χ0n) is 11.4. The van der Waals surface area contributed by atoms with Crippen molar-refractivity contribution in [1.29, 1.82) is 0 Å². The van der Waals surface area contributed by atoms with Crippen LogP contribution in [0.15, 0.2) is 0 Å². The van der Waals surface area contributed by atoms with Crippen LogP contribution in [0.1, 0.15) is 13.3 Å². The zero-order valence-corrected chi connectivity index (χ0v) is 11.4. The average molecular weight is 247 g/mol. The summed E-state index contributed by atoms with van der Waals surface area (Å²) in [4.78, 5) is 13.5. The maximum atomic E-state index is 11.5. The van der Waals surface area contributed by atoms with Crippen molar-refractivity contribution in [3.05, 3.63) is 0 Å². The molecular weight excluding hydrogens is 222 g/mol. The summed E-state index contributed by atoms with van der Waals surface area (Å²) in [7, 11) is 7.01. The van der Waals surface area contributed by atoms with Crippen molar-refractivity contribution in [3.63, 3.8) is 0 Å². The first-order chi connectivity index (χ1) is 7.85. The van der Waals surface area contributed by atoms with E-state index in [2.05, 4.69) is 5.32 Å². The number of likely N-dealkylation sites (N-methyl/N-ethyl adjacent to an activating group) is 1. The van der Waals surface area contributed by atoms with Gasteiger partial charge in [-0.15, -0.1) is 0 Å². The molecule has 0 aliphatic carbocycles. The molecule has 102 valence electrons. The van der Waals surface area contributed by atoms with Gasteiger partial charge in [-0.2, -0.15) is 0 Å². The molecule has 0 radical (unpaired) electrons. The van der Waals surface area contributed by atoms with Crippen LogP contribution in [-0.4, -0.2) is 64.0 Å². The van der Waals surface area contributed by atoms with Crippen LogP contribution >= 0.6 is 0 Å². The Morgan fingerprint density at radius 2 is 1.94 bits per heavy atom. The van der Waals surface area contributed by atoms with E-state index in [1.807, 2.05) is 19.0 Å². The largest absolute Gasteiger partial charge is 0.368 e. The number of primary amides is 1. The molecule has 6 nitrogen and oxygen atoms in total. The van der Waals surface area contributed by atoms with Gasteiger partial charge in [-0.05, 0) is 21.0 Å². The standard InChI is InChI=1S/C11H25N3O3/c1-11(10(12)15,8-9(16-4)17-5)13-6-7-14(2)3/h9,13H,6-8H2,1-5H3,(H2,12,15). The summed E-state index contributed by atoms with van der Waals surface area (Å²) in [6.07, 6.45) is -0.0673. The lowest BCUT2D eigenvalue weighted by molar-refractivity contribution is -0.138. The first-order valence-electron chi connectivity index (χ1n) is 5.61. The molecule has 1 atom stereocenters. The van der Waals surface area contributed by atoms with Gasteiger partial charge in [0, 0.05) is 33.7 Å². The number of nitrogens with two attached hydrogens (primary N) is 1. The van der Waals surface area contributed by atoms with E-state index in [1.165, 1.54) is 14.2 Å². The normalized spacial score (nSPS) is 15.2. The number of ether oxygens (including phenoxy) is 2. The minimum absolute atomic E-state index is 0.378. The van der Waals surface area contributed by atoms with Crippen LogP contribution in [-0.2, 0) is 14.3 Å². The van der Waals surface area contributed by atoms with Crippen LogP contribution in [0.2, 0.25) is 0 Å². The first-order valence-corrected chi connectivity index (χ1v) is 5.61. The Morgan fingerprint density at radius 1 is 1.41 bits per heavy atom. The second-order valence-electron chi connectivity index (χ2n) is 4.53. The predicted octanol–water partition coefficient (Wildman–Crippen LogP) is -0.609. The third kappa shape index (κ3) is 5.97. The van der Waals surface area contributed by atoms with Crippen LogP contribution in [0, 0.1) is 0 Å². The second-order valence-corrected chi connectivity index (χ2v) is 4.53. The van der Waals surface area contributed by atoms with Crippen molar-refractivity contribution in [3.8, 4) is 0 Å². The van der Waals surface area contributed by atoms with Crippen molar-refractivity contribution < 1.29 is 14.3 Å². The van der Waals surface area contributed by atoms with Gasteiger partial charge in [0.2, 0.25) is 5.91 Å². The summed E-state index contributed by atoms with van der Waals surface area (Å²) in [5.74, 6) is -0.407. The summed E-state index contributed by atoms with van der Waals surface area (Å²) in [6, 6.07) is 0. The third-order valence-electron chi connectivity index (χ3n) is 2.72. The van der Waals surface area contributed by atoms with Gasteiger partial charge < -0.3 is 25.4 Å². The van der Waals surface area contributed by atoms with Gasteiger partial charge in [-0.1, -0.05) is 0 Å². The smallest absolute Gasteiger partial charge is 0.237 e. The molecular formula is C11H25N3O3. The van der Waals surface area contributed by atoms with E-state index in [0.717, 1.165) is 6.54 Å². The lowest BCUT2D eigenvalue weighted by atomic mass is 9.96. The maximum absolute atomic E-state index is 11.5. The summed E-state index contributed by atoms with van der Waals surface area (Å²) in [6.45, 7) is 3.26. The number of methoxy groups -OCH3 is 2. The number of amides is 1. The number of hydrogen-bond donors (Lipinski definition) is 2. The van der Waals surface area contributed by atoms with Gasteiger partial charge in [0.05, 0.1) is 5.54 Å². The molecule has 6 heteroatoms. The Labute approximate surface area is 103 Å². The lowest BCUT2D eigenvalue weighted by Gasteiger charge is -2.31. The van der Waals surface area contributed by atoms with E-state index in [1.54, 1.807) is 6.92 Å². The Morgan fingerprint density at radius 3 is 2.29 bits per heavy atom. The molecule has 0 aromatic carbocycles. The van der Waals surface area contributed by atoms with Crippen molar-refractivity contribution in [2.45, 2.75) is 25.2 Å². The molecule has 1 amide bonds. The van der Waals surface area contributed by atoms with E-state index in [0.29, 0.717) is 13.0 Å². The second kappa shape index (κ2) is 7.60. The van der Waals surface area contributed by atoms with Crippen molar-refractivity contribution in [1.82, 2.24) is 10.2 Å². The number of nitrogens with zero attached hydrogens (tertiary/aromatic N) is 1. The Bertz CT molecular complexity index is 232. The van der Waals surface area contributed by atoms with Gasteiger partial charge in [0.25, 0.3) is 0 Å². The number of rotatable bonds is 9. The SMILES string of the molecule is COC(CC(C)(NCCN(C)C)C(N)=O)OC. The van der Waals surface area contributed by atoms with E-state index in [-0.39, 0.29) is 0 Å². The summed E-state index contributed by atoms with van der Waals surface area (Å²) in [5, 5.41) is 3.15. The maximum Gasteiger partial charge on any atom is 0.237 e.